The summed E-state index contributed by atoms with van der Waals surface area (Å²) in [7, 11) is 0. The van der Waals surface area contributed by atoms with Crippen LogP contribution in [-0.4, -0.2) is 77.3 Å². The normalized spacial score (nSPS) is 14.5. The van der Waals surface area contributed by atoms with Crippen LogP contribution in [0, 0.1) is 0 Å². The summed E-state index contributed by atoms with van der Waals surface area (Å²) in [6, 6.07) is 0. The highest BCUT2D eigenvalue weighted by molar-refractivity contribution is 4.97. The lowest BCUT2D eigenvalue weighted by Crippen LogP contribution is -2.53. The highest BCUT2D eigenvalue weighted by atomic mass is 16.6. The van der Waals surface area contributed by atoms with Gasteiger partial charge in [-0.05, 0) is 41.5 Å². The van der Waals surface area contributed by atoms with Crippen molar-refractivity contribution in [3.63, 3.8) is 0 Å². The highest BCUT2D eigenvalue weighted by Crippen LogP contribution is 2.22. The first kappa shape index (κ1) is 34.2. The molecule has 0 unspecified atom stereocenters. The Balaban J connectivity index is 6.27. The Hall–Kier alpha value is -1.80. The maximum atomic E-state index is 6.38. The standard InChI is InChI=1S/C30H50O6/c1-21(2)13-31-19-27(33-15-23(5)6)29(35-17-25(9)10)30(36-18-26(11)12)28(34-16-24(7)8)20-32-14-22(3)4/h27-30H,1,3,5,7,9,11,13-20H2,2,4,6,8,10,12H3/t27-,28-,29-,30-/m1/s1. The van der Waals surface area contributed by atoms with Crippen molar-refractivity contribution in [2.24, 2.45) is 0 Å². The van der Waals surface area contributed by atoms with E-state index in [0.717, 1.165) is 33.4 Å². The molecule has 0 aromatic heterocycles. The molecule has 36 heavy (non-hydrogen) atoms. The van der Waals surface area contributed by atoms with Gasteiger partial charge in [0.2, 0.25) is 0 Å². The summed E-state index contributed by atoms with van der Waals surface area (Å²) in [5.41, 5.74) is 5.35. The van der Waals surface area contributed by atoms with Crippen LogP contribution in [0.3, 0.4) is 0 Å². The summed E-state index contributed by atoms with van der Waals surface area (Å²) >= 11 is 0. The predicted molar refractivity (Wildman–Crippen MR) is 149 cm³/mol. The Morgan fingerprint density at radius 3 is 0.917 bits per heavy atom. The van der Waals surface area contributed by atoms with Gasteiger partial charge in [0.15, 0.2) is 0 Å². The molecule has 0 aromatic rings. The van der Waals surface area contributed by atoms with Gasteiger partial charge in [0.05, 0.1) is 52.9 Å². The van der Waals surface area contributed by atoms with Gasteiger partial charge in [-0.3, -0.25) is 0 Å². The van der Waals surface area contributed by atoms with Crippen LogP contribution in [0.25, 0.3) is 0 Å². The van der Waals surface area contributed by atoms with Gasteiger partial charge in [-0.25, -0.2) is 0 Å². The summed E-state index contributed by atoms with van der Waals surface area (Å²) < 4.78 is 37.1. The summed E-state index contributed by atoms with van der Waals surface area (Å²) in [5.74, 6) is 0. The van der Waals surface area contributed by atoms with E-state index >= 15 is 0 Å². The van der Waals surface area contributed by atoms with Crippen molar-refractivity contribution < 1.29 is 28.4 Å². The van der Waals surface area contributed by atoms with Gasteiger partial charge in [-0.1, -0.05) is 72.9 Å². The van der Waals surface area contributed by atoms with Crippen LogP contribution in [0.2, 0.25) is 0 Å². The maximum Gasteiger partial charge on any atom is 0.115 e. The van der Waals surface area contributed by atoms with E-state index < -0.39 is 24.4 Å². The van der Waals surface area contributed by atoms with E-state index in [-0.39, 0.29) is 13.2 Å². The van der Waals surface area contributed by atoms with E-state index in [1.807, 2.05) is 41.5 Å². The van der Waals surface area contributed by atoms with Gasteiger partial charge in [0, 0.05) is 0 Å². The molecule has 0 heterocycles. The third-order valence-corrected chi connectivity index (χ3v) is 4.45. The van der Waals surface area contributed by atoms with Crippen molar-refractivity contribution in [3.05, 3.63) is 72.9 Å². The van der Waals surface area contributed by atoms with Crippen molar-refractivity contribution in [1.82, 2.24) is 0 Å². The minimum atomic E-state index is -0.561. The lowest BCUT2D eigenvalue weighted by atomic mass is 10.0. The van der Waals surface area contributed by atoms with Crippen LogP contribution in [0.4, 0.5) is 0 Å². The Morgan fingerprint density at radius 2 is 0.667 bits per heavy atom. The Labute approximate surface area is 220 Å². The fraction of sp³-hybridized carbons (Fsp3) is 0.600. The van der Waals surface area contributed by atoms with Crippen molar-refractivity contribution in [3.8, 4) is 0 Å². The van der Waals surface area contributed by atoms with E-state index in [2.05, 4.69) is 39.5 Å². The van der Waals surface area contributed by atoms with Gasteiger partial charge in [-0.2, -0.15) is 0 Å². The highest BCUT2D eigenvalue weighted by Gasteiger charge is 2.39. The van der Waals surface area contributed by atoms with Crippen LogP contribution in [0.5, 0.6) is 0 Å². The lowest BCUT2D eigenvalue weighted by molar-refractivity contribution is -0.187. The van der Waals surface area contributed by atoms with Crippen LogP contribution in [0.15, 0.2) is 72.9 Å². The molecule has 0 saturated carbocycles. The first-order valence-electron chi connectivity index (χ1n) is 12.3. The monoisotopic (exact) mass is 506 g/mol. The number of hydrogen-bond acceptors (Lipinski definition) is 6. The molecule has 0 rings (SSSR count). The zero-order valence-corrected chi connectivity index (χ0v) is 23.7. The minimum Gasteiger partial charge on any atom is -0.374 e. The zero-order chi connectivity index (χ0) is 27.7. The largest absolute Gasteiger partial charge is 0.374 e. The zero-order valence-electron chi connectivity index (χ0n) is 23.7. The molecule has 0 aromatic carbocycles. The van der Waals surface area contributed by atoms with Gasteiger partial charge in [0.25, 0.3) is 0 Å². The van der Waals surface area contributed by atoms with Crippen LogP contribution in [0.1, 0.15) is 41.5 Å². The molecule has 0 fully saturated rings. The van der Waals surface area contributed by atoms with Crippen LogP contribution in [-0.2, 0) is 28.4 Å². The predicted octanol–water partition coefficient (Wildman–Crippen LogP) is 6.02. The Kier molecular flexibility index (Phi) is 18.4. The smallest absolute Gasteiger partial charge is 0.115 e. The molecule has 0 aliphatic rings. The van der Waals surface area contributed by atoms with E-state index in [0.29, 0.717) is 39.6 Å². The van der Waals surface area contributed by atoms with Gasteiger partial charge in [-0.15, -0.1) is 0 Å². The molecule has 0 aliphatic carbocycles. The Bertz CT molecular complexity index is 676. The Morgan fingerprint density at radius 1 is 0.417 bits per heavy atom. The molecule has 0 bridgehead atoms. The lowest BCUT2D eigenvalue weighted by Gasteiger charge is -2.37. The molecule has 4 atom stereocenters. The molecule has 0 amide bonds. The van der Waals surface area contributed by atoms with Gasteiger partial charge >= 0.3 is 0 Å². The van der Waals surface area contributed by atoms with Gasteiger partial charge in [0.1, 0.15) is 24.4 Å². The molecule has 0 N–H and O–H groups in total. The van der Waals surface area contributed by atoms with Crippen LogP contribution >= 0.6 is 0 Å². The molecule has 0 radical (unpaired) electrons. The topological polar surface area (TPSA) is 55.4 Å². The molecule has 0 saturated heterocycles. The summed E-state index contributed by atoms with van der Waals surface area (Å²) in [5, 5.41) is 0. The van der Waals surface area contributed by atoms with Crippen molar-refractivity contribution >= 4 is 0 Å². The first-order chi connectivity index (χ1) is 16.8. The summed E-state index contributed by atoms with van der Waals surface area (Å²) in [6.45, 7) is 38.0. The first-order valence-corrected chi connectivity index (χ1v) is 12.3. The SMILES string of the molecule is C=C(C)COC[C@@H](OCC(=C)C)[C@@H](OCC(=C)C)[C@H](OCC(=C)C)[C@@H](COCC(=C)C)OCC(=C)C. The second-order valence-corrected chi connectivity index (χ2v) is 10.0. The molecule has 0 aliphatic heterocycles. The third-order valence-electron chi connectivity index (χ3n) is 4.45. The van der Waals surface area contributed by atoms with E-state index in [9.17, 15) is 0 Å². The quantitative estimate of drug-likeness (QED) is 0.158. The van der Waals surface area contributed by atoms with E-state index in [1.54, 1.807) is 0 Å². The molecule has 6 nitrogen and oxygen atoms in total. The summed E-state index contributed by atoms with van der Waals surface area (Å²) in [6.07, 6.45) is -2.08. The minimum absolute atomic E-state index is 0.272. The third kappa shape index (κ3) is 17.6. The number of rotatable bonds is 23. The molecule has 0 spiro atoms. The fourth-order valence-corrected chi connectivity index (χ4v) is 2.98. The molecule has 206 valence electrons. The second-order valence-electron chi connectivity index (χ2n) is 10.0. The molecular weight excluding hydrogens is 456 g/mol. The maximum absolute atomic E-state index is 6.38. The number of hydrogen-bond donors (Lipinski definition) is 0. The van der Waals surface area contributed by atoms with Crippen LogP contribution < -0.4 is 0 Å². The second kappa shape index (κ2) is 19.3. The fourth-order valence-electron chi connectivity index (χ4n) is 2.98. The van der Waals surface area contributed by atoms with E-state index in [4.69, 9.17) is 28.4 Å². The van der Waals surface area contributed by atoms with Crippen molar-refractivity contribution in [2.75, 3.05) is 52.9 Å². The average Bonchev–Trinajstić information content (AvgIpc) is 2.74. The van der Waals surface area contributed by atoms with Crippen molar-refractivity contribution in [2.45, 2.75) is 66.0 Å². The van der Waals surface area contributed by atoms with Gasteiger partial charge < -0.3 is 28.4 Å². The molecule has 6 heteroatoms. The number of ether oxygens (including phenoxy) is 6. The van der Waals surface area contributed by atoms with E-state index in [1.165, 1.54) is 0 Å². The van der Waals surface area contributed by atoms with Crippen molar-refractivity contribution in [1.29, 1.82) is 0 Å². The summed E-state index contributed by atoms with van der Waals surface area (Å²) in [4.78, 5) is 0. The molecular formula is C30H50O6. The average molecular weight is 507 g/mol.